The molecule has 2 aromatic carbocycles. The second-order valence-corrected chi connectivity index (χ2v) is 6.96. The highest BCUT2D eigenvalue weighted by molar-refractivity contribution is 6.32. The van der Waals surface area contributed by atoms with Gasteiger partial charge in [0.05, 0.1) is 15.8 Å². The highest BCUT2D eigenvalue weighted by Gasteiger charge is 2.18. The van der Waals surface area contributed by atoms with Crippen LogP contribution in [0.1, 0.15) is 29.0 Å². The zero-order valence-corrected chi connectivity index (χ0v) is 15.4. The lowest BCUT2D eigenvalue weighted by molar-refractivity contribution is -0.384. The van der Waals surface area contributed by atoms with E-state index in [1.54, 1.807) is 22.8 Å². The molecule has 0 fully saturated rings. The molecule has 0 saturated heterocycles. The number of aromatic nitrogens is 2. The van der Waals surface area contributed by atoms with E-state index in [2.05, 4.69) is 10.3 Å². The standard InChI is InChI=1S/C19H15ClN4O4/c20-14-6-4-11(9-16(14)24(27)28)18(25)21-12-5-7-15-13(10-12)19(26)23-8-2-1-3-17(23)22-15/h4-7,9-10H,1-3,8H2,(H,21,25). The predicted octanol–water partition coefficient (Wildman–Crippen LogP) is 3.55. The molecule has 0 radical (unpaired) electrons. The van der Waals surface area contributed by atoms with Crippen molar-refractivity contribution < 1.29 is 9.72 Å². The molecule has 1 amide bonds. The molecule has 9 heteroatoms. The van der Waals surface area contributed by atoms with Crippen LogP contribution in [0.4, 0.5) is 11.4 Å². The number of hydrogen-bond donors (Lipinski definition) is 1. The molecular formula is C19H15ClN4O4. The van der Waals surface area contributed by atoms with E-state index >= 15 is 0 Å². The first kappa shape index (κ1) is 18.1. The van der Waals surface area contributed by atoms with Crippen LogP contribution in [0.3, 0.4) is 0 Å². The summed E-state index contributed by atoms with van der Waals surface area (Å²) in [6, 6.07) is 8.74. The molecule has 2 heterocycles. The molecule has 1 aromatic heterocycles. The maximum Gasteiger partial charge on any atom is 0.288 e. The van der Waals surface area contributed by atoms with Gasteiger partial charge >= 0.3 is 0 Å². The van der Waals surface area contributed by atoms with Crippen molar-refractivity contribution in [2.24, 2.45) is 0 Å². The van der Waals surface area contributed by atoms with Crippen LogP contribution in [0.5, 0.6) is 0 Å². The number of nitrogens with one attached hydrogen (secondary N) is 1. The number of nitro groups is 1. The third-order valence-corrected chi connectivity index (χ3v) is 5.05. The van der Waals surface area contributed by atoms with Crippen molar-refractivity contribution in [2.75, 3.05) is 5.32 Å². The Bertz CT molecular complexity index is 1190. The molecule has 0 saturated carbocycles. The summed E-state index contributed by atoms with van der Waals surface area (Å²) in [5, 5.41) is 14.0. The Morgan fingerprint density at radius 3 is 2.82 bits per heavy atom. The normalized spacial score (nSPS) is 13.2. The van der Waals surface area contributed by atoms with Gasteiger partial charge in [-0.2, -0.15) is 0 Å². The van der Waals surface area contributed by atoms with Gasteiger partial charge < -0.3 is 5.32 Å². The number of aryl methyl sites for hydroxylation is 1. The number of nitro benzene ring substituents is 1. The van der Waals surface area contributed by atoms with E-state index in [0.717, 1.165) is 31.2 Å². The van der Waals surface area contributed by atoms with E-state index in [4.69, 9.17) is 11.6 Å². The van der Waals surface area contributed by atoms with Crippen LogP contribution in [0.25, 0.3) is 10.9 Å². The SMILES string of the molecule is O=C(Nc1ccc2nc3n(c(=O)c2c1)CCCC3)c1ccc(Cl)c([N+](=O)[O-])c1. The van der Waals surface area contributed by atoms with Crippen molar-refractivity contribution in [1.29, 1.82) is 0 Å². The molecule has 142 valence electrons. The summed E-state index contributed by atoms with van der Waals surface area (Å²) in [5.74, 6) is 0.249. The summed E-state index contributed by atoms with van der Waals surface area (Å²) in [6.45, 7) is 0.641. The number of fused-ring (bicyclic) bond motifs is 2. The Labute approximate surface area is 163 Å². The molecule has 8 nitrogen and oxygen atoms in total. The largest absolute Gasteiger partial charge is 0.322 e. The van der Waals surface area contributed by atoms with Gasteiger partial charge in [-0.15, -0.1) is 0 Å². The van der Waals surface area contributed by atoms with Gasteiger partial charge in [-0.1, -0.05) is 11.6 Å². The monoisotopic (exact) mass is 398 g/mol. The minimum Gasteiger partial charge on any atom is -0.322 e. The first-order chi connectivity index (χ1) is 13.4. The number of carbonyl (C=O) groups excluding carboxylic acids is 1. The van der Waals surface area contributed by atoms with Crippen LogP contribution in [0.15, 0.2) is 41.2 Å². The van der Waals surface area contributed by atoms with Crippen LogP contribution >= 0.6 is 11.6 Å². The smallest absolute Gasteiger partial charge is 0.288 e. The van der Waals surface area contributed by atoms with E-state index in [1.165, 1.54) is 12.1 Å². The lowest BCUT2D eigenvalue weighted by Crippen LogP contribution is -2.28. The quantitative estimate of drug-likeness (QED) is 0.536. The first-order valence-electron chi connectivity index (χ1n) is 8.73. The number of benzene rings is 2. The molecule has 28 heavy (non-hydrogen) atoms. The Kier molecular flexibility index (Phi) is 4.56. The second kappa shape index (κ2) is 7.05. The van der Waals surface area contributed by atoms with Gasteiger partial charge in [0.15, 0.2) is 0 Å². The number of nitrogens with zero attached hydrogens (tertiary/aromatic N) is 3. The third-order valence-electron chi connectivity index (χ3n) is 4.73. The number of anilines is 1. The van der Waals surface area contributed by atoms with Gasteiger partial charge in [-0.25, -0.2) is 4.98 Å². The van der Waals surface area contributed by atoms with Crippen molar-refractivity contribution in [3.63, 3.8) is 0 Å². The minimum absolute atomic E-state index is 0.0453. The molecule has 0 atom stereocenters. The van der Waals surface area contributed by atoms with Gasteiger partial charge in [0.25, 0.3) is 17.2 Å². The first-order valence-corrected chi connectivity index (χ1v) is 9.10. The van der Waals surface area contributed by atoms with Crippen LogP contribution in [-0.4, -0.2) is 20.4 Å². The van der Waals surface area contributed by atoms with Gasteiger partial charge in [-0.05, 0) is 43.2 Å². The van der Waals surface area contributed by atoms with Gasteiger partial charge in [0.1, 0.15) is 10.8 Å². The lowest BCUT2D eigenvalue weighted by atomic mass is 10.1. The summed E-state index contributed by atoms with van der Waals surface area (Å²) in [7, 11) is 0. The molecule has 1 aliphatic heterocycles. The van der Waals surface area contributed by atoms with Crippen molar-refractivity contribution in [1.82, 2.24) is 9.55 Å². The fourth-order valence-corrected chi connectivity index (χ4v) is 3.50. The van der Waals surface area contributed by atoms with E-state index in [9.17, 15) is 19.7 Å². The van der Waals surface area contributed by atoms with Gasteiger partial charge in [0, 0.05) is 30.3 Å². The molecule has 0 aliphatic carbocycles. The topological polar surface area (TPSA) is 107 Å². The lowest BCUT2D eigenvalue weighted by Gasteiger charge is -2.18. The predicted molar refractivity (Wildman–Crippen MR) is 105 cm³/mol. The van der Waals surface area contributed by atoms with E-state index in [1.807, 2.05) is 0 Å². The van der Waals surface area contributed by atoms with Gasteiger partial charge in [-0.3, -0.25) is 24.3 Å². The third kappa shape index (κ3) is 3.22. The Hall–Kier alpha value is -3.26. The second-order valence-electron chi connectivity index (χ2n) is 6.55. The molecule has 1 aliphatic rings. The fraction of sp³-hybridized carbons (Fsp3) is 0.211. The average molecular weight is 399 g/mol. The number of carbonyl (C=O) groups is 1. The molecule has 1 N–H and O–H groups in total. The average Bonchev–Trinajstić information content (AvgIpc) is 2.69. The van der Waals surface area contributed by atoms with Crippen molar-refractivity contribution in [3.05, 3.63) is 73.3 Å². The molecule has 3 aromatic rings. The molecule has 0 bridgehead atoms. The number of halogens is 1. The highest BCUT2D eigenvalue weighted by Crippen LogP contribution is 2.26. The summed E-state index contributed by atoms with van der Waals surface area (Å²) in [4.78, 5) is 40.1. The van der Waals surface area contributed by atoms with Crippen molar-refractivity contribution in [2.45, 2.75) is 25.8 Å². The van der Waals surface area contributed by atoms with Crippen LogP contribution in [-0.2, 0) is 13.0 Å². The van der Waals surface area contributed by atoms with E-state index in [-0.39, 0.29) is 21.8 Å². The van der Waals surface area contributed by atoms with Crippen molar-refractivity contribution in [3.8, 4) is 0 Å². The Morgan fingerprint density at radius 1 is 1.21 bits per heavy atom. The van der Waals surface area contributed by atoms with Crippen LogP contribution < -0.4 is 10.9 Å². The van der Waals surface area contributed by atoms with Crippen LogP contribution in [0, 0.1) is 10.1 Å². The van der Waals surface area contributed by atoms with Crippen molar-refractivity contribution >= 4 is 39.8 Å². The molecule has 0 unspecified atom stereocenters. The summed E-state index contributed by atoms with van der Waals surface area (Å²) < 4.78 is 1.68. The maximum absolute atomic E-state index is 12.8. The Balaban J connectivity index is 1.67. The molecular weight excluding hydrogens is 384 g/mol. The summed E-state index contributed by atoms with van der Waals surface area (Å²) in [5.41, 5.74) is 0.611. The van der Waals surface area contributed by atoms with E-state index < -0.39 is 10.8 Å². The number of amides is 1. The number of rotatable bonds is 3. The molecule has 0 spiro atoms. The zero-order chi connectivity index (χ0) is 19.8. The Morgan fingerprint density at radius 2 is 2.04 bits per heavy atom. The highest BCUT2D eigenvalue weighted by atomic mass is 35.5. The number of hydrogen-bond acceptors (Lipinski definition) is 5. The van der Waals surface area contributed by atoms with Crippen LogP contribution in [0.2, 0.25) is 5.02 Å². The van der Waals surface area contributed by atoms with Gasteiger partial charge in [0.2, 0.25) is 0 Å². The van der Waals surface area contributed by atoms with E-state index in [0.29, 0.717) is 23.1 Å². The zero-order valence-electron chi connectivity index (χ0n) is 14.6. The molecule has 4 rings (SSSR count). The fourth-order valence-electron chi connectivity index (χ4n) is 3.32. The summed E-state index contributed by atoms with van der Waals surface area (Å²) >= 11 is 5.78. The summed E-state index contributed by atoms with van der Waals surface area (Å²) in [6.07, 6.45) is 2.73. The minimum atomic E-state index is -0.648. The maximum atomic E-state index is 12.8.